The maximum Gasteiger partial charge on any atom is 0.346 e. The summed E-state index contributed by atoms with van der Waals surface area (Å²) in [5, 5.41) is 8.86. The first-order valence-corrected chi connectivity index (χ1v) is 6.30. The summed E-state index contributed by atoms with van der Waals surface area (Å²) in [6.07, 6.45) is 1.35. The first kappa shape index (κ1) is 16.4. The van der Waals surface area contributed by atoms with Crippen LogP contribution in [0.4, 0.5) is 0 Å². The maximum absolute atomic E-state index is 12.1. The van der Waals surface area contributed by atoms with E-state index in [-0.39, 0.29) is 5.57 Å². The highest BCUT2D eigenvalue weighted by Crippen LogP contribution is 2.16. The van der Waals surface area contributed by atoms with Crippen molar-refractivity contribution in [2.75, 3.05) is 7.11 Å². The van der Waals surface area contributed by atoms with Crippen molar-refractivity contribution in [1.82, 2.24) is 0 Å². The number of nitriles is 1. The van der Waals surface area contributed by atoms with Crippen molar-refractivity contribution >= 4 is 18.0 Å². The molecular weight excluding hydrogens is 270 g/mol. The molecular formula is C16H17NO4. The highest BCUT2D eigenvalue weighted by molar-refractivity contribution is 6.17. The van der Waals surface area contributed by atoms with Crippen molar-refractivity contribution in [2.24, 2.45) is 0 Å². The number of carbonyl (C=O) groups excluding carboxylic acids is 2. The minimum atomic E-state index is -0.786. The van der Waals surface area contributed by atoms with E-state index in [2.05, 4.69) is 4.74 Å². The third-order valence-electron chi connectivity index (χ3n) is 2.35. The van der Waals surface area contributed by atoms with Gasteiger partial charge in [-0.1, -0.05) is 12.1 Å². The Hall–Kier alpha value is -2.61. The van der Waals surface area contributed by atoms with Crippen LogP contribution in [0.25, 0.3) is 6.08 Å². The number of benzene rings is 1. The number of methoxy groups -OCH3 is 1. The average molecular weight is 287 g/mol. The molecule has 0 aliphatic rings. The lowest BCUT2D eigenvalue weighted by Gasteiger charge is -2.19. The molecule has 0 aliphatic carbocycles. The van der Waals surface area contributed by atoms with Gasteiger partial charge in [0.25, 0.3) is 0 Å². The summed E-state index contributed by atoms with van der Waals surface area (Å²) < 4.78 is 9.78. The molecule has 0 N–H and O–H groups in total. The molecule has 1 aromatic rings. The Morgan fingerprint density at radius 3 is 2.43 bits per heavy atom. The Labute approximate surface area is 123 Å². The highest BCUT2D eigenvalue weighted by atomic mass is 16.6. The van der Waals surface area contributed by atoms with Crippen LogP contribution in [0, 0.1) is 11.3 Å². The van der Waals surface area contributed by atoms with Gasteiger partial charge in [0.15, 0.2) is 0 Å². The summed E-state index contributed by atoms with van der Waals surface area (Å²) in [7, 11) is 1.19. The average Bonchev–Trinajstić information content (AvgIpc) is 2.42. The van der Waals surface area contributed by atoms with E-state index < -0.39 is 17.5 Å². The van der Waals surface area contributed by atoms with E-state index in [1.165, 1.54) is 13.2 Å². The Kier molecular flexibility index (Phi) is 5.25. The molecule has 0 amide bonds. The van der Waals surface area contributed by atoms with E-state index in [1.54, 1.807) is 45.0 Å². The number of nitrogens with zero attached hydrogens (tertiary/aromatic N) is 1. The molecule has 0 fully saturated rings. The minimum absolute atomic E-state index is 0.220. The van der Waals surface area contributed by atoms with Crippen molar-refractivity contribution in [1.29, 1.82) is 5.26 Å². The number of esters is 2. The molecule has 0 radical (unpaired) electrons. The molecule has 0 bridgehead atoms. The molecule has 1 rings (SSSR count). The van der Waals surface area contributed by atoms with E-state index in [0.717, 1.165) is 0 Å². The van der Waals surface area contributed by atoms with Gasteiger partial charge in [0.1, 0.15) is 11.2 Å². The third-order valence-corrected chi connectivity index (χ3v) is 2.35. The van der Waals surface area contributed by atoms with Gasteiger partial charge in [0, 0.05) is 0 Å². The topological polar surface area (TPSA) is 76.4 Å². The summed E-state index contributed by atoms with van der Waals surface area (Å²) in [6.45, 7) is 5.11. The molecule has 0 aliphatic heterocycles. The zero-order chi connectivity index (χ0) is 16.0. The molecule has 0 unspecified atom stereocenters. The van der Waals surface area contributed by atoms with Crippen LogP contribution in [0.1, 0.15) is 31.9 Å². The number of hydrogen-bond acceptors (Lipinski definition) is 5. The summed E-state index contributed by atoms with van der Waals surface area (Å²) in [4.78, 5) is 23.8. The Morgan fingerprint density at radius 1 is 1.24 bits per heavy atom. The summed E-state index contributed by atoms with van der Waals surface area (Å²) in [5.41, 5.74) is 0.0265. The fourth-order valence-corrected chi connectivity index (χ4v) is 1.51. The van der Waals surface area contributed by atoms with Crippen LogP contribution in [-0.4, -0.2) is 24.6 Å². The van der Waals surface area contributed by atoms with E-state index in [0.29, 0.717) is 11.1 Å². The second-order valence-electron chi connectivity index (χ2n) is 5.29. The fraction of sp³-hybridized carbons (Fsp3) is 0.312. The van der Waals surface area contributed by atoms with Crippen molar-refractivity contribution in [3.05, 3.63) is 41.0 Å². The molecule has 0 saturated carbocycles. The van der Waals surface area contributed by atoms with Gasteiger partial charge in [-0.15, -0.1) is 0 Å². The minimum Gasteiger partial charge on any atom is -0.465 e. The molecule has 5 nitrogen and oxygen atoms in total. The van der Waals surface area contributed by atoms with Crippen molar-refractivity contribution < 1.29 is 19.1 Å². The molecule has 110 valence electrons. The Bertz CT molecular complexity index is 618. The molecule has 0 aromatic heterocycles. The van der Waals surface area contributed by atoms with Crippen molar-refractivity contribution in [3.63, 3.8) is 0 Å². The molecule has 1 aromatic carbocycles. The van der Waals surface area contributed by atoms with Crippen molar-refractivity contribution in [3.8, 4) is 6.07 Å². The predicted molar refractivity (Wildman–Crippen MR) is 77.0 cm³/mol. The second kappa shape index (κ2) is 6.71. The number of ether oxygens (including phenoxy) is 2. The van der Waals surface area contributed by atoms with E-state index in [4.69, 9.17) is 10.00 Å². The van der Waals surface area contributed by atoms with Crippen LogP contribution in [0.15, 0.2) is 29.8 Å². The van der Waals surface area contributed by atoms with Gasteiger partial charge in [-0.3, -0.25) is 0 Å². The van der Waals surface area contributed by atoms with Gasteiger partial charge in [0.2, 0.25) is 0 Å². The third kappa shape index (κ3) is 5.11. The van der Waals surface area contributed by atoms with Crippen LogP contribution in [0.2, 0.25) is 0 Å². The van der Waals surface area contributed by atoms with E-state index in [9.17, 15) is 9.59 Å². The zero-order valence-electron chi connectivity index (χ0n) is 12.5. The lowest BCUT2D eigenvalue weighted by Crippen LogP contribution is -2.27. The largest absolute Gasteiger partial charge is 0.465 e. The van der Waals surface area contributed by atoms with Crippen LogP contribution in [0.5, 0.6) is 0 Å². The normalized spacial score (nSPS) is 11.5. The highest BCUT2D eigenvalue weighted by Gasteiger charge is 2.25. The van der Waals surface area contributed by atoms with E-state index in [1.807, 2.05) is 6.07 Å². The molecule has 5 heteroatoms. The van der Waals surface area contributed by atoms with Gasteiger partial charge in [-0.05, 0) is 44.5 Å². The molecule has 0 spiro atoms. The zero-order valence-corrected chi connectivity index (χ0v) is 12.5. The van der Waals surface area contributed by atoms with Crippen molar-refractivity contribution in [2.45, 2.75) is 26.4 Å². The monoisotopic (exact) mass is 287 g/mol. The number of carbonyl (C=O) groups is 2. The van der Waals surface area contributed by atoms with Crippen LogP contribution in [0.3, 0.4) is 0 Å². The van der Waals surface area contributed by atoms with Gasteiger partial charge in [-0.2, -0.15) is 5.26 Å². The van der Waals surface area contributed by atoms with Crippen LogP contribution >= 0.6 is 0 Å². The maximum atomic E-state index is 12.1. The van der Waals surface area contributed by atoms with Gasteiger partial charge in [0.05, 0.1) is 18.7 Å². The summed E-state index contributed by atoms with van der Waals surface area (Å²) >= 11 is 0. The molecule has 21 heavy (non-hydrogen) atoms. The quantitative estimate of drug-likeness (QED) is 0.369. The lowest BCUT2D eigenvalue weighted by atomic mass is 10.1. The predicted octanol–water partition coefficient (Wildman–Crippen LogP) is 2.46. The summed E-state index contributed by atoms with van der Waals surface area (Å²) in [5.74, 6) is -1.55. The Morgan fingerprint density at radius 2 is 1.90 bits per heavy atom. The molecule has 0 atom stereocenters. The Balaban J connectivity index is 3.19. The van der Waals surface area contributed by atoms with E-state index >= 15 is 0 Å². The first-order chi connectivity index (χ1) is 9.76. The van der Waals surface area contributed by atoms with Crippen LogP contribution < -0.4 is 0 Å². The lowest BCUT2D eigenvalue weighted by molar-refractivity contribution is -0.153. The van der Waals surface area contributed by atoms with Gasteiger partial charge >= 0.3 is 11.9 Å². The number of hydrogen-bond donors (Lipinski definition) is 0. The van der Waals surface area contributed by atoms with Gasteiger partial charge < -0.3 is 9.47 Å². The standard InChI is InChI=1S/C16H17NO4/c1-16(2,3)21-15(19)13(14(18)20-4)9-11-6-5-7-12(8-11)10-17/h5-9H,1-4H3/b13-9-. The SMILES string of the molecule is COC(=O)/C(=C/c1cccc(C#N)c1)C(=O)OC(C)(C)C. The van der Waals surface area contributed by atoms with Gasteiger partial charge in [-0.25, -0.2) is 9.59 Å². The molecule has 0 heterocycles. The number of rotatable bonds is 3. The first-order valence-electron chi connectivity index (χ1n) is 6.30. The fourth-order valence-electron chi connectivity index (χ4n) is 1.51. The second-order valence-corrected chi connectivity index (χ2v) is 5.29. The smallest absolute Gasteiger partial charge is 0.346 e. The van der Waals surface area contributed by atoms with Crippen LogP contribution in [-0.2, 0) is 19.1 Å². The summed E-state index contributed by atoms with van der Waals surface area (Å²) in [6, 6.07) is 8.52. The molecule has 0 saturated heterocycles.